The molecule has 1 amide bonds. The highest BCUT2D eigenvalue weighted by molar-refractivity contribution is 6.03. The van der Waals surface area contributed by atoms with Crippen LogP contribution in [0.25, 0.3) is 5.52 Å². The summed E-state index contributed by atoms with van der Waals surface area (Å²) >= 11 is 0. The molecule has 4 heteroatoms. The first kappa shape index (κ1) is 12.4. The summed E-state index contributed by atoms with van der Waals surface area (Å²) in [5, 5.41) is 7.14. The number of aryl methyl sites for hydroxylation is 1. The number of anilines is 1. The molecule has 0 saturated heterocycles. The molecule has 3 rings (SSSR count). The molecule has 4 nitrogen and oxygen atoms in total. The fourth-order valence-electron chi connectivity index (χ4n) is 2.11. The second kappa shape index (κ2) is 5.17. The van der Waals surface area contributed by atoms with Gasteiger partial charge < -0.3 is 5.32 Å². The van der Waals surface area contributed by atoms with Crippen molar-refractivity contribution in [3.63, 3.8) is 0 Å². The molecular formula is C16H15N3O. The van der Waals surface area contributed by atoms with E-state index in [1.54, 1.807) is 10.6 Å². The minimum Gasteiger partial charge on any atom is -0.321 e. The number of rotatable bonds is 3. The van der Waals surface area contributed by atoms with Crippen molar-refractivity contribution in [2.45, 2.75) is 13.3 Å². The standard InChI is InChI=1S/C16H15N3O/c1-2-12-6-5-7-13(10-12)17-16(20)15-11-14-8-3-4-9-19(14)18-15/h3-11H,2H2,1H3,(H,17,20). The van der Waals surface area contributed by atoms with Gasteiger partial charge in [-0.15, -0.1) is 0 Å². The van der Waals surface area contributed by atoms with E-state index in [0.29, 0.717) is 5.69 Å². The number of pyridine rings is 1. The van der Waals surface area contributed by atoms with Crippen LogP contribution in [0.2, 0.25) is 0 Å². The Morgan fingerprint density at radius 2 is 2.10 bits per heavy atom. The van der Waals surface area contributed by atoms with E-state index in [0.717, 1.165) is 17.6 Å². The zero-order valence-corrected chi connectivity index (χ0v) is 11.2. The maximum absolute atomic E-state index is 12.2. The van der Waals surface area contributed by atoms with Crippen LogP contribution < -0.4 is 5.32 Å². The van der Waals surface area contributed by atoms with Crippen molar-refractivity contribution in [3.05, 3.63) is 66.0 Å². The highest BCUT2D eigenvalue weighted by atomic mass is 16.1. The van der Waals surface area contributed by atoms with Crippen molar-refractivity contribution in [2.24, 2.45) is 0 Å². The normalized spacial score (nSPS) is 10.7. The van der Waals surface area contributed by atoms with Crippen LogP contribution in [0.4, 0.5) is 5.69 Å². The van der Waals surface area contributed by atoms with Crippen molar-refractivity contribution < 1.29 is 4.79 Å². The SMILES string of the molecule is CCc1cccc(NC(=O)c2cc3ccccn3n2)c1. The molecule has 0 aliphatic carbocycles. The summed E-state index contributed by atoms with van der Waals surface area (Å²) in [5.41, 5.74) is 3.31. The predicted molar refractivity (Wildman–Crippen MR) is 79.0 cm³/mol. The Bertz CT molecular complexity index is 728. The van der Waals surface area contributed by atoms with E-state index in [1.807, 2.05) is 48.7 Å². The zero-order chi connectivity index (χ0) is 13.9. The number of fused-ring (bicyclic) bond motifs is 1. The summed E-state index contributed by atoms with van der Waals surface area (Å²) in [6.07, 6.45) is 2.77. The minimum absolute atomic E-state index is 0.193. The summed E-state index contributed by atoms with van der Waals surface area (Å²) in [6.45, 7) is 2.09. The monoisotopic (exact) mass is 265 g/mol. The third-order valence-corrected chi connectivity index (χ3v) is 3.20. The van der Waals surface area contributed by atoms with Gasteiger partial charge >= 0.3 is 0 Å². The average Bonchev–Trinajstić information content (AvgIpc) is 2.91. The second-order valence-corrected chi connectivity index (χ2v) is 4.61. The fraction of sp³-hybridized carbons (Fsp3) is 0.125. The van der Waals surface area contributed by atoms with Gasteiger partial charge in [-0.25, -0.2) is 4.52 Å². The van der Waals surface area contributed by atoms with E-state index in [-0.39, 0.29) is 5.91 Å². The minimum atomic E-state index is -0.193. The lowest BCUT2D eigenvalue weighted by Crippen LogP contribution is -2.12. The molecule has 1 N–H and O–H groups in total. The number of benzene rings is 1. The van der Waals surface area contributed by atoms with E-state index in [2.05, 4.69) is 17.3 Å². The van der Waals surface area contributed by atoms with Crippen LogP contribution in [-0.4, -0.2) is 15.5 Å². The Morgan fingerprint density at radius 3 is 2.90 bits per heavy atom. The van der Waals surface area contributed by atoms with Crippen LogP contribution >= 0.6 is 0 Å². The van der Waals surface area contributed by atoms with Gasteiger partial charge in [0.1, 0.15) is 0 Å². The average molecular weight is 265 g/mol. The van der Waals surface area contributed by atoms with E-state index in [9.17, 15) is 4.79 Å². The van der Waals surface area contributed by atoms with Crippen LogP contribution in [0.15, 0.2) is 54.7 Å². The molecule has 0 aliphatic heterocycles. The van der Waals surface area contributed by atoms with Crippen molar-refractivity contribution in [3.8, 4) is 0 Å². The Kier molecular flexibility index (Phi) is 3.21. The number of nitrogens with zero attached hydrogens (tertiary/aromatic N) is 2. The summed E-state index contributed by atoms with van der Waals surface area (Å²) in [7, 11) is 0. The first-order chi connectivity index (χ1) is 9.76. The Morgan fingerprint density at radius 1 is 1.20 bits per heavy atom. The van der Waals surface area contributed by atoms with Crippen molar-refractivity contribution in [2.75, 3.05) is 5.32 Å². The molecule has 20 heavy (non-hydrogen) atoms. The van der Waals surface area contributed by atoms with E-state index < -0.39 is 0 Å². The van der Waals surface area contributed by atoms with Crippen LogP contribution in [0, 0.1) is 0 Å². The molecule has 0 aliphatic rings. The van der Waals surface area contributed by atoms with Crippen molar-refractivity contribution in [1.29, 1.82) is 0 Å². The molecule has 0 saturated carbocycles. The van der Waals surface area contributed by atoms with E-state index in [1.165, 1.54) is 5.56 Å². The van der Waals surface area contributed by atoms with Gasteiger partial charge in [0, 0.05) is 11.9 Å². The van der Waals surface area contributed by atoms with Crippen molar-refractivity contribution in [1.82, 2.24) is 9.61 Å². The number of amides is 1. The summed E-state index contributed by atoms with van der Waals surface area (Å²) in [5.74, 6) is -0.193. The van der Waals surface area contributed by atoms with Crippen molar-refractivity contribution >= 4 is 17.1 Å². The van der Waals surface area contributed by atoms with Gasteiger partial charge in [-0.2, -0.15) is 5.10 Å². The molecule has 0 atom stereocenters. The lowest BCUT2D eigenvalue weighted by atomic mass is 10.1. The third kappa shape index (κ3) is 2.40. The molecule has 100 valence electrons. The number of carbonyl (C=O) groups excluding carboxylic acids is 1. The number of carbonyl (C=O) groups is 1. The molecule has 0 unspecified atom stereocenters. The van der Waals surface area contributed by atoms with Gasteiger partial charge in [-0.3, -0.25) is 4.79 Å². The number of hydrogen-bond donors (Lipinski definition) is 1. The van der Waals surface area contributed by atoms with Gasteiger partial charge in [0.15, 0.2) is 5.69 Å². The Hall–Kier alpha value is -2.62. The molecule has 0 radical (unpaired) electrons. The molecule has 2 heterocycles. The third-order valence-electron chi connectivity index (χ3n) is 3.20. The van der Waals surface area contributed by atoms with Crippen LogP contribution in [-0.2, 0) is 6.42 Å². The Balaban J connectivity index is 1.85. The lowest BCUT2D eigenvalue weighted by Gasteiger charge is -2.04. The van der Waals surface area contributed by atoms with Gasteiger partial charge in [0.2, 0.25) is 0 Å². The fourth-order valence-corrected chi connectivity index (χ4v) is 2.11. The van der Waals surface area contributed by atoms with Crippen LogP contribution in [0.5, 0.6) is 0 Å². The van der Waals surface area contributed by atoms with Gasteiger partial charge in [-0.1, -0.05) is 25.1 Å². The van der Waals surface area contributed by atoms with Gasteiger partial charge in [0.05, 0.1) is 5.52 Å². The lowest BCUT2D eigenvalue weighted by molar-refractivity contribution is 0.102. The molecule has 0 fully saturated rings. The van der Waals surface area contributed by atoms with Crippen LogP contribution in [0.1, 0.15) is 23.0 Å². The summed E-state index contributed by atoms with van der Waals surface area (Å²) in [6, 6.07) is 15.3. The highest BCUT2D eigenvalue weighted by Crippen LogP contribution is 2.13. The van der Waals surface area contributed by atoms with Crippen LogP contribution in [0.3, 0.4) is 0 Å². The second-order valence-electron chi connectivity index (χ2n) is 4.61. The molecule has 0 bridgehead atoms. The Labute approximate surface area is 117 Å². The molecule has 0 spiro atoms. The highest BCUT2D eigenvalue weighted by Gasteiger charge is 2.10. The summed E-state index contributed by atoms with van der Waals surface area (Å²) < 4.78 is 1.69. The number of nitrogens with one attached hydrogen (secondary N) is 1. The van der Waals surface area contributed by atoms with E-state index in [4.69, 9.17) is 0 Å². The first-order valence-electron chi connectivity index (χ1n) is 6.61. The number of hydrogen-bond acceptors (Lipinski definition) is 2. The first-order valence-corrected chi connectivity index (χ1v) is 6.61. The molecule has 2 aromatic heterocycles. The molecule has 1 aromatic carbocycles. The predicted octanol–water partition coefficient (Wildman–Crippen LogP) is 3.15. The molecular weight excluding hydrogens is 250 g/mol. The molecule has 3 aromatic rings. The zero-order valence-electron chi connectivity index (χ0n) is 11.2. The number of aromatic nitrogens is 2. The quantitative estimate of drug-likeness (QED) is 0.790. The maximum atomic E-state index is 12.2. The van der Waals surface area contributed by atoms with E-state index >= 15 is 0 Å². The topological polar surface area (TPSA) is 46.4 Å². The van der Waals surface area contributed by atoms with Gasteiger partial charge in [-0.05, 0) is 42.3 Å². The smallest absolute Gasteiger partial charge is 0.276 e. The van der Waals surface area contributed by atoms with Gasteiger partial charge in [0.25, 0.3) is 5.91 Å². The maximum Gasteiger partial charge on any atom is 0.276 e. The largest absolute Gasteiger partial charge is 0.321 e. The summed E-state index contributed by atoms with van der Waals surface area (Å²) in [4.78, 5) is 12.2.